The summed E-state index contributed by atoms with van der Waals surface area (Å²) in [5.41, 5.74) is 2.00. The predicted octanol–water partition coefficient (Wildman–Crippen LogP) is 2.72. The maximum atomic E-state index is 12.1. The minimum Gasteiger partial charge on any atom is -0.462 e. The van der Waals surface area contributed by atoms with Gasteiger partial charge in [0.1, 0.15) is 18.8 Å². The number of carbonyl (C=O) groups is 3. The molecule has 0 N–H and O–H groups in total. The third-order valence-electron chi connectivity index (χ3n) is 4.67. The Bertz CT molecular complexity index is 603. The van der Waals surface area contributed by atoms with Crippen LogP contribution in [0.1, 0.15) is 47.0 Å². The molecule has 2 aliphatic rings. The number of hydrogen-bond acceptors (Lipinski definition) is 6. The monoisotopic (exact) mass is 350 g/mol. The minimum atomic E-state index is -0.483. The van der Waals surface area contributed by atoms with Crippen molar-refractivity contribution in [1.29, 1.82) is 0 Å². The molecule has 25 heavy (non-hydrogen) atoms. The fourth-order valence-corrected chi connectivity index (χ4v) is 3.44. The van der Waals surface area contributed by atoms with Crippen molar-refractivity contribution in [2.24, 2.45) is 11.8 Å². The standard InChI is InChI=1S/C19H26O6/c1-11-6-5-7-15(10-23-13(3)20)9-17-18(12(2)19(22)25-17)16(8-11)24-14(4)21/h6,9,12,16-18H,5,7-8,10H2,1-4H3. The molecule has 0 aromatic carbocycles. The molecule has 2 rings (SSSR count). The highest BCUT2D eigenvalue weighted by molar-refractivity contribution is 5.75. The van der Waals surface area contributed by atoms with Gasteiger partial charge in [0.15, 0.2) is 0 Å². The molecule has 6 nitrogen and oxygen atoms in total. The topological polar surface area (TPSA) is 78.9 Å². The molecule has 4 atom stereocenters. The van der Waals surface area contributed by atoms with Crippen LogP contribution in [-0.2, 0) is 28.6 Å². The number of allylic oxidation sites excluding steroid dienone is 1. The van der Waals surface area contributed by atoms with E-state index in [-0.39, 0.29) is 36.4 Å². The van der Waals surface area contributed by atoms with Gasteiger partial charge >= 0.3 is 17.9 Å². The quantitative estimate of drug-likeness (QED) is 0.442. The van der Waals surface area contributed by atoms with Gasteiger partial charge in [0, 0.05) is 20.3 Å². The molecule has 0 aromatic heterocycles. The van der Waals surface area contributed by atoms with Gasteiger partial charge in [-0.05, 0) is 31.4 Å². The lowest BCUT2D eigenvalue weighted by Gasteiger charge is -2.28. The van der Waals surface area contributed by atoms with Crippen LogP contribution in [0.2, 0.25) is 0 Å². The molecule has 0 radical (unpaired) electrons. The molecule has 1 aliphatic carbocycles. The summed E-state index contributed by atoms with van der Waals surface area (Å²) in [5, 5.41) is 0. The SMILES string of the molecule is CC(=O)OCC1=CC2OC(=O)C(C)C2C(OC(C)=O)CC(C)=CCC1. The van der Waals surface area contributed by atoms with Gasteiger partial charge in [-0.2, -0.15) is 0 Å². The van der Waals surface area contributed by atoms with Crippen molar-refractivity contribution in [1.82, 2.24) is 0 Å². The van der Waals surface area contributed by atoms with Gasteiger partial charge in [-0.1, -0.05) is 18.6 Å². The third-order valence-corrected chi connectivity index (χ3v) is 4.67. The molecule has 0 bridgehead atoms. The first-order chi connectivity index (χ1) is 11.8. The lowest BCUT2D eigenvalue weighted by Crippen LogP contribution is -2.35. The van der Waals surface area contributed by atoms with Crippen molar-refractivity contribution in [3.05, 3.63) is 23.3 Å². The minimum absolute atomic E-state index is 0.176. The van der Waals surface area contributed by atoms with Crippen LogP contribution in [0.15, 0.2) is 23.3 Å². The van der Waals surface area contributed by atoms with Crippen LogP contribution >= 0.6 is 0 Å². The van der Waals surface area contributed by atoms with Gasteiger partial charge in [-0.25, -0.2) is 0 Å². The van der Waals surface area contributed by atoms with Crippen molar-refractivity contribution in [2.45, 2.75) is 59.2 Å². The Kier molecular flexibility index (Phi) is 6.39. The first kappa shape index (κ1) is 19.2. The van der Waals surface area contributed by atoms with Crippen molar-refractivity contribution < 1.29 is 28.6 Å². The van der Waals surface area contributed by atoms with Crippen molar-refractivity contribution in [3.63, 3.8) is 0 Å². The second kappa shape index (κ2) is 8.32. The molecule has 1 heterocycles. The van der Waals surface area contributed by atoms with E-state index in [1.807, 2.05) is 13.0 Å². The van der Waals surface area contributed by atoms with Crippen molar-refractivity contribution in [2.75, 3.05) is 6.61 Å². The summed E-state index contributed by atoms with van der Waals surface area (Å²) in [5.74, 6) is -1.64. The number of rotatable bonds is 3. The van der Waals surface area contributed by atoms with Crippen LogP contribution in [0.4, 0.5) is 0 Å². The molecule has 0 saturated carbocycles. The van der Waals surface area contributed by atoms with Gasteiger partial charge in [-0.3, -0.25) is 14.4 Å². The van der Waals surface area contributed by atoms with E-state index in [0.29, 0.717) is 6.42 Å². The van der Waals surface area contributed by atoms with Gasteiger partial charge < -0.3 is 14.2 Å². The van der Waals surface area contributed by atoms with Crippen LogP contribution in [0.5, 0.6) is 0 Å². The van der Waals surface area contributed by atoms with E-state index >= 15 is 0 Å². The van der Waals surface area contributed by atoms with E-state index in [1.165, 1.54) is 13.8 Å². The van der Waals surface area contributed by atoms with Crippen LogP contribution < -0.4 is 0 Å². The zero-order valence-corrected chi connectivity index (χ0v) is 15.2. The molecule has 1 saturated heterocycles. The van der Waals surface area contributed by atoms with E-state index in [2.05, 4.69) is 6.08 Å². The summed E-state index contributed by atoms with van der Waals surface area (Å²) >= 11 is 0. The molecule has 1 fully saturated rings. The Hall–Kier alpha value is -2.11. The zero-order chi connectivity index (χ0) is 18.6. The average Bonchev–Trinajstić information content (AvgIpc) is 2.77. The van der Waals surface area contributed by atoms with E-state index in [9.17, 15) is 14.4 Å². The van der Waals surface area contributed by atoms with E-state index in [1.54, 1.807) is 6.92 Å². The van der Waals surface area contributed by atoms with Gasteiger partial charge in [0.05, 0.1) is 11.8 Å². The highest BCUT2D eigenvalue weighted by Gasteiger charge is 2.46. The summed E-state index contributed by atoms with van der Waals surface area (Å²) < 4.78 is 16.2. The Morgan fingerprint density at radius 2 is 2.00 bits per heavy atom. The number of hydrogen-bond donors (Lipinski definition) is 0. The van der Waals surface area contributed by atoms with E-state index < -0.39 is 12.2 Å². The number of fused-ring (bicyclic) bond motifs is 1. The predicted molar refractivity (Wildman–Crippen MR) is 90.4 cm³/mol. The normalized spacial score (nSPS) is 29.7. The molecule has 4 unspecified atom stereocenters. The summed E-state index contributed by atoms with van der Waals surface area (Å²) in [7, 11) is 0. The maximum Gasteiger partial charge on any atom is 0.309 e. The Balaban J connectivity index is 2.34. The zero-order valence-electron chi connectivity index (χ0n) is 15.2. The highest BCUT2D eigenvalue weighted by atomic mass is 16.6. The fraction of sp³-hybridized carbons (Fsp3) is 0.632. The summed E-state index contributed by atoms with van der Waals surface area (Å²) in [6.07, 6.45) is 5.13. The van der Waals surface area contributed by atoms with Gasteiger partial charge in [0.25, 0.3) is 0 Å². The van der Waals surface area contributed by atoms with Gasteiger partial charge in [0.2, 0.25) is 0 Å². The van der Waals surface area contributed by atoms with Crippen molar-refractivity contribution in [3.8, 4) is 0 Å². The summed E-state index contributed by atoms with van der Waals surface area (Å²) in [4.78, 5) is 34.8. The van der Waals surface area contributed by atoms with E-state index in [0.717, 1.165) is 24.0 Å². The lowest BCUT2D eigenvalue weighted by molar-refractivity contribution is -0.150. The summed E-state index contributed by atoms with van der Waals surface area (Å²) in [6.45, 7) is 6.70. The largest absolute Gasteiger partial charge is 0.462 e. The third kappa shape index (κ3) is 5.18. The molecule has 0 amide bonds. The smallest absolute Gasteiger partial charge is 0.309 e. The Morgan fingerprint density at radius 1 is 1.28 bits per heavy atom. The lowest BCUT2D eigenvalue weighted by atomic mass is 9.82. The van der Waals surface area contributed by atoms with Gasteiger partial charge in [-0.15, -0.1) is 0 Å². The second-order valence-corrected chi connectivity index (χ2v) is 6.81. The fourth-order valence-electron chi connectivity index (χ4n) is 3.44. The summed E-state index contributed by atoms with van der Waals surface area (Å²) in [6, 6.07) is 0. The molecule has 1 aliphatic heterocycles. The molecule has 0 aromatic rings. The maximum absolute atomic E-state index is 12.1. The first-order valence-corrected chi connectivity index (χ1v) is 8.64. The highest BCUT2D eigenvalue weighted by Crippen LogP contribution is 2.37. The molecular formula is C19H26O6. The Labute approximate surface area is 148 Å². The first-order valence-electron chi connectivity index (χ1n) is 8.64. The Morgan fingerprint density at radius 3 is 2.64 bits per heavy atom. The van der Waals surface area contributed by atoms with Crippen LogP contribution in [-0.4, -0.2) is 36.7 Å². The molecule has 6 heteroatoms. The number of ether oxygens (including phenoxy) is 3. The number of carbonyl (C=O) groups excluding carboxylic acids is 3. The van der Waals surface area contributed by atoms with Crippen LogP contribution in [0.25, 0.3) is 0 Å². The van der Waals surface area contributed by atoms with Crippen molar-refractivity contribution >= 4 is 17.9 Å². The van der Waals surface area contributed by atoms with Crippen LogP contribution in [0.3, 0.4) is 0 Å². The second-order valence-electron chi connectivity index (χ2n) is 6.81. The average molecular weight is 350 g/mol. The molecular weight excluding hydrogens is 324 g/mol. The van der Waals surface area contributed by atoms with E-state index in [4.69, 9.17) is 14.2 Å². The molecule has 138 valence electrons. The number of esters is 3. The van der Waals surface area contributed by atoms with Crippen LogP contribution in [0, 0.1) is 11.8 Å². The molecule has 0 spiro atoms.